The van der Waals surface area contributed by atoms with E-state index < -0.39 is 15.1 Å². The van der Waals surface area contributed by atoms with Gasteiger partial charge in [0.15, 0.2) is 9.84 Å². The van der Waals surface area contributed by atoms with Crippen LogP contribution in [0.5, 0.6) is 11.5 Å². The number of thiazole rings is 1. The molecule has 0 saturated heterocycles. The molecule has 5 aromatic rings. The van der Waals surface area contributed by atoms with E-state index in [0.717, 1.165) is 37.4 Å². The molecule has 0 amide bonds. The lowest BCUT2D eigenvalue weighted by molar-refractivity contribution is 0.152. The second-order valence-electron chi connectivity index (χ2n) is 10.4. The molecule has 0 aliphatic rings. The minimum absolute atomic E-state index is 0.00591. The predicted octanol–water partition coefficient (Wildman–Crippen LogP) is 7.37. The van der Waals surface area contributed by atoms with Crippen molar-refractivity contribution in [1.29, 1.82) is 0 Å². The van der Waals surface area contributed by atoms with Crippen LogP contribution in [0.1, 0.15) is 24.4 Å². The highest BCUT2D eigenvalue weighted by atomic mass is 79.9. The molecule has 0 bridgehead atoms. The van der Waals surface area contributed by atoms with E-state index in [9.17, 15) is 12.8 Å². The van der Waals surface area contributed by atoms with Crippen LogP contribution >= 0.6 is 27.3 Å². The Morgan fingerprint density at radius 2 is 1.89 bits per heavy atom. The summed E-state index contributed by atoms with van der Waals surface area (Å²) >= 11 is 5.07. The van der Waals surface area contributed by atoms with Gasteiger partial charge in [0.05, 0.1) is 52.0 Å². The lowest BCUT2D eigenvalue weighted by atomic mass is 10.1. The van der Waals surface area contributed by atoms with E-state index in [1.807, 2.05) is 41.8 Å². The zero-order valence-corrected chi connectivity index (χ0v) is 28.1. The van der Waals surface area contributed by atoms with Gasteiger partial charge in [-0.15, -0.1) is 11.3 Å². The normalized spacial score (nSPS) is 11.7. The van der Waals surface area contributed by atoms with E-state index in [4.69, 9.17) is 19.2 Å². The zero-order chi connectivity index (χ0) is 32.0. The molecule has 13 heteroatoms. The predicted molar refractivity (Wildman–Crippen MR) is 179 cm³/mol. The van der Waals surface area contributed by atoms with E-state index >= 15 is 0 Å². The van der Waals surface area contributed by atoms with Gasteiger partial charge in [0.1, 0.15) is 36.1 Å². The van der Waals surface area contributed by atoms with Crippen LogP contribution in [-0.4, -0.2) is 54.7 Å². The minimum Gasteiger partial charge on any atom is -0.496 e. The number of halogens is 2. The number of rotatable bonds is 14. The van der Waals surface area contributed by atoms with Crippen molar-refractivity contribution in [2.24, 2.45) is 0 Å². The highest BCUT2D eigenvalue weighted by Crippen LogP contribution is 2.37. The minimum atomic E-state index is -3.13. The number of ether oxygens (including phenoxy) is 3. The number of nitrogens with zero attached hydrogens (tertiary/aromatic N) is 3. The first-order valence-corrected chi connectivity index (χ1v) is 17.5. The molecule has 0 atom stereocenters. The lowest BCUT2D eigenvalue weighted by Gasteiger charge is -2.13. The van der Waals surface area contributed by atoms with E-state index in [-0.39, 0.29) is 24.8 Å². The van der Waals surface area contributed by atoms with Gasteiger partial charge in [-0.2, -0.15) is 0 Å². The number of nitrogens with one attached hydrogen (secondary N) is 1. The second-order valence-corrected chi connectivity index (χ2v) is 14.9. The molecule has 0 radical (unpaired) electrons. The third-order valence-corrected chi connectivity index (χ3v) is 10.7. The molecular weight excluding hydrogens is 683 g/mol. The van der Waals surface area contributed by atoms with Gasteiger partial charge < -0.3 is 19.5 Å². The standard InChI is InChI=1S/C32H32BrFN4O5S2/c1-20(2)45(39,40)12-11-42-10-9-31-38-28(18-44-31)24-15-25-27(16-30(24)41-3)35-19-36-32(25)37-23-7-8-29(26(33)14-23)43-17-21-5-4-6-22(34)13-21/h4-8,13-16,18-20H,9-12,17H2,1-3H3,(H,35,36,37). The maximum Gasteiger partial charge on any atom is 0.154 e. The molecule has 0 aliphatic carbocycles. The first-order chi connectivity index (χ1) is 21.6. The van der Waals surface area contributed by atoms with Gasteiger partial charge in [-0.25, -0.2) is 27.8 Å². The van der Waals surface area contributed by atoms with Crippen molar-refractivity contribution in [1.82, 2.24) is 15.0 Å². The van der Waals surface area contributed by atoms with Crippen LogP contribution in [0.2, 0.25) is 0 Å². The van der Waals surface area contributed by atoms with E-state index in [0.29, 0.717) is 35.9 Å². The summed E-state index contributed by atoms with van der Waals surface area (Å²) in [5.74, 6) is 1.55. The molecule has 0 aliphatic heterocycles. The summed E-state index contributed by atoms with van der Waals surface area (Å²) in [5, 5.41) is 6.56. The summed E-state index contributed by atoms with van der Waals surface area (Å²) in [6.07, 6.45) is 2.05. The summed E-state index contributed by atoms with van der Waals surface area (Å²) in [6, 6.07) is 15.7. The molecule has 9 nitrogen and oxygen atoms in total. The Morgan fingerprint density at radius 3 is 2.64 bits per heavy atom. The largest absolute Gasteiger partial charge is 0.496 e. The number of hydrogen-bond donors (Lipinski definition) is 1. The van der Waals surface area contributed by atoms with Gasteiger partial charge in [-0.1, -0.05) is 12.1 Å². The summed E-state index contributed by atoms with van der Waals surface area (Å²) in [5.41, 5.74) is 3.74. The summed E-state index contributed by atoms with van der Waals surface area (Å²) in [7, 11) is -1.52. The van der Waals surface area contributed by atoms with Gasteiger partial charge in [0.2, 0.25) is 0 Å². The Morgan fingerprint density at radius 1 is 1.04 bits per heavy atom. The molecule has 0 unspecified atom stereocenters. The van der Waals surface area contributed by atoms with Gasteiger partial charge in [0.25, 0.3) is 0 Å². The number of hydrogen-bond acceptors (Lipinski definition) is 10. The fourth-order valence-electron chi connectivity index (χ4n) is 4.39. The van der Waals surface area contributed by atoms with Crippen molar-refractivity contribution in [2.75, 3.05) is 31.4 Å². The van der Waals surface area contributed by atoms with Crippen molar-refractivity contribution in [2.45, 2.75) is 32.1 Å². The maximum atomic E-state index is 13.5. The highest BCUT2D eigenvalue weighted by Gasteiger charge is 2.17. The van der Waals surface area contributed by atoms with Gasteiger partial charge in [0, 0.05) is 34.5 Å². The summed E-state index contributed by atoms with van der Waals surface area (Å²) < 4.78 is 55.4. The number of methoxy groups -OCH3 is 1. The summed E-state index contributed by atoms with van der Waals surface area (Å²) in [6.45, 7) is 4.11. The number of anilines is 2. The first kappa shape index (κ1) is 32.7. The molecule has 45 heavy (non-hydrogen) atoms. The van der Waals surface area contributed by atoms with Crippen LogP contribution < -0.4 is 14.8 Å². The van der Waals surface area contributed by atoms with Crippen molar-refractivity contribution < 1.29 is 27.0 Å². The molecular formula is C32H32BrFN4O5S2. The first-order valence-electron chi connectivity index (χ1n) is 14.1. The number of aromatic nitrogens is 3. The number of benzene rings is 3. The SMILES string of the molecule is COc1cc2ncnc(Nc3ccc(OCc4cccc(F)c4)c(Br)c3)c2cc1-c1csc(CCOCCS(=O)(=O)C(C)C)n1. The molecule has 0 fully saturated rings. The van der Waals surface area contributed by atoms with Crippen LogP contribution in [0, 0.1) is 5.82 Å². The van der Waals surface area contributed by atoms with Crippen molar-refractivity contribution >= 4 is 59.5 Å². The fourth-order valence-corrected chi connectivity index (χ4v) is 6.49. The molecule has 5 rings (SSSR count). The summed E-state index contributed by atoms with van der Waals surface area (Å²) in [4.78, 5) is 13.7. The number of fused-ring (bicyclic) bond motifs is 1. The molecule has 3 aromatic carbocycles. The maximum absolute atomic E-state index is 13.5. The highest BCUT2D eigenvalue weighted by molar-refractivity contribution is 9.10. The van der Waals surface area contributed by atoms with E-state index in [1.165, 1.54) is 29.8 Å². The monoisotopic (exact) mass is 714 g/mol. The molecule has 1 N–H and O–H groups in total. The third kappa shape index (κ3) is 8.34. The Balaban J connectivity index is 1.29. The van der Waals surface area contributed by atoms with Crippen LogP contribution in [-0.2, 0) is 27.6 Å². The third-order valence-electron chi connectivity index (χ3n) is 6.95. The van der Waals surface area contributed by atoms with Crippen LogP contribution in [0.3, 0.4) is 0 Å². The molecule has 236 valence electrons. The fraction of sp³-hybridized carbons (Fsp3) is 0.281. The van der Waals surface area contributed by atoms with Gasteiger partial charge >= 0.3 is 0 Å². The van der Waals surface area contributed by atoms with Gasteiger partial charge in [-0.05, 0) is 71.7 Å². The number of sulfone groups is 1. The van der Waals surface area contributed by atoms with Crippen molar-refractivity contribution in [3.05, 3.63) is 87.2 Å². The Bertz CT molecular complexity index is 1900. The average Bonchev–Trinajstić information content (AvgIpc) is 3.48. The lowest BCUT2D eigenvalue weighted by Crippen LogP contribution is -2.21. The zero-order valence-electron chi connectivity index (χ0n) is 24.9. The Kier molecular flexibility index (Phi) is 10.6. The molecule has 0 saturated carbocycles. The van der Waals surface area contributed by atoms with E-state index in [2.05, 4.69) is 31.2 Å². The van der Waals surface area contributed by atoms with Gasteiger partial charge in [-0.3, -0.25) is 0 Å². The van der Waals surface area contributed by atoms with Crippen LogP contribution in [0.15, 0.2) is 70.8 Å². The van der Waals surface area contributed by atoms with Crippen LogP contribution in [0.25, 0.3) is 22.2 Å². The smallest absolute Gasteiger partial charge is 0.154 e. The van der Waals surface area contributed by atoms with Crippen molar-refractivity contribution in [3.63, 3.8) is 0 Å². The van der Waals surface area contributed by atoms with E-state index in [1.54, 1.807) is 27.0 Å². The molecule has 2 aromatic heterocycles. The second kappa shape index (κ2) is 14.6. The Hall–Kier alpha value is -3.65. The Labute approximate surface area is 273 Å². The molecule has 2 heterocycles. The quantitative estimate of drug-likeness (QED) is 0.118. The van der Waals surface area contributed by atoms with Crippen molar-refractivity contribution in [3.8, 4) is 22.8 Å². The molecule has 0 spiro atoms. The van der Waals surface area contributed by atoms with Crippen LogP contribution in [0.4, 0.5) is 15.9 Å². The average molecular weight is 716 g/mol. The topological polar surface area (TPSA) is 113 Å².